The lowest BCUT2D eigenvalue weighted by Crippen LogP contribution is -2.55. The molecule has 0 aliphatic carbocycles. The molecule has 1 aromatic carbocycles. The second-order valence-electron chi connectivity index (χ2n) is 4.69. The maximum atomic E-state index is 12.3. The highest BCUT2D eigenvalue weighted by atomic mass is 32.2. The number of hydrogen-bond acceptors (Lipinski definition) is 6. The van der Waals surface area contributed by atoms with E-state index in [-0.39, 0.29) is 18.3 Å². The summed E-state index contributed by atoms with van der Waals surface area (Å²) in [5.41, 5.74) is -1.77. The molecule has 0 bridgehead atoms. The number of ether oxygens (including phenoxy) is 3. The molecule has 1 aliphatic rings. The Kier molecular flexibility index (Phi) is 4.08. The van der Waals surface area contributed by atoms with Gasteiger partial charge in [-0.1, -0.05) is 0 Å². The minimum atomic E-state index is -4.05. The van der Waals surface area contributed by atoms with E-state index >= 15 is 0 Å². The molecule has 1 unspecified atom stereocenters. The summed E-state index contributed by atoms with van der Waals surface area (Å²) in [5.74, 6) is -0.609. The zero-order valence-electron chi connectivity index (χ0n) is 11.5. The highest BCUT2D eigenvalue weighted by Gasteiger charge is 2.38. The Labute approximate surface area is 121 Å². The number of aliphatic carboxylic acids is 1. The van der Waals surface area contributed by atoms with Gasteiger partial charge >= 0.3 is 5.97 Å². The van der Waals surface area contributed by atoms with Crippen molar-refractivity contribution in [3.63, 3.8) is 0 Å². The molecule has 9 heteroatoms. The number of sulfonamides is 1. The van der Waals surface area contributed by atoms with Crippen molar-refractivity contribution in [3.8, 4) is 11.5 Å². The number of carboxylic acid groups (broad SMARTS) is 1. The van der Waals surface area contributed by atoms with Crippen molar-refractivity contribution in [2.45, 2.75) is 17.4 Å². The van der Waals surface area contributed by atoms with E-state index in [2.05, 4.69) is 4.72 Å². The van der Waals surface area contributed by atoms with Gasteiger partial charge in [0.1, 0.15) is 0 Å². The Morgan fingerprint density at radius 2 is 2.10 bits per heavy atom. The average molecular weight is 317 g/mol. The molecule has 1 heterocycles. The van der Waals surface area contributed by atoms with Crippen LogP contribution in [-0.4, -0.2) is 45.5 Å². The van der Waals surface area contributed by atoms with Gasteiger partial charge in [0.25, 0.3) is 0 Å². The first kappa shape index (κ1) is 15.5. The smallest absolute Gasteiger partial charge is 0.327 e. The molecule has 8 nitrogen and oxygen atoms in total. The van der Waals surface area contributed by atoms with E-state index < -0.39 is 21.5 Å². The van der Waals surface area contributed by atoms with Gasteiger partial charge in [-0.05, 0) is 19.1 Å². The van der Waals surface area contributed by atoms with Gasteiger partial charge in [0.2, 0.25) is 16.8 Å². The summed E-state index contributed by atoms with van der Waals surface area (Å²) in [6, 6.07) is 4.04. The third kappa shape index (κ3) is 3.09. The fraction of sp³-hybridized carbons (Fsp3) is 0.417. The fourth-order valence-corrected chi connectivity index (χ4v) is 3.19. The van der Waals surface area contributed by atoms with Gasteiger partial charge in [0.15, 0.2) is 17.0 Å². The summed E-state index contributed by atoms with van der Waals surface area (Å²) in [6.07, 6.45) is 0. The summed E-state index contributed by atoms with van der Waals surface area (Å²) in [6.45, 7) is 0.929. The summed E-state index contributed by atoms with van der Waals surface area (Å²) in [4.78, 5) is 11.1. The van der Waals surface area contributed by atoms with E-state index in [0.717, 1.165) is 0 Å². The molecule has 0 radical (unpaired) electrons. The Bertz CT molecular complexity index is 658. The number of carboxylic acids is 1. The molecular formula is C12H15NO7S. The van der Waals surface area contributed by atoms with Crippen LogP contribution >= 0.6 is 0 Å². The van der Waals surface area contributed by atoms with E-state index in [0.29, 0.717) is 11.5 Å². The predicted molar refractivity (Wildman–Crippen MR) is 70.8 cm³/mol. The Hall–Kier alpha value is -1.84. The first-order valence-corrected chi connectivity index (χ1v) is 7.43. The van der Waals surface area contributed by atoms with E-state index in [1.165, 1.54) is 32.2 Å². The molecule has 0 spiro atoms. The summed E-state index contributed by atoms with van der Waals surface area (Å²) >= 11 is 0. The zero-order chi connectivity index (χ0) is 15.7. The molecule has 0 fully saturated rings. The predicted octanol–water partition coefficient (Wildman–Crippen LogP) is 0.183. The summed E-state index contributed by atoms with van der Waals surface area (Å²) in [7, 11) is -2.77. The van der Waals surface area contributed by atoms with Crippen molar-refractivity contribution in [3.05, 3.63) is 18.2 Å². The van der Waals surface area contributed by atoms with Crippen LogP contribution in [-0.2, 0) is 19.6 Å². The first-order chi connectivity index (χ1) is 9.78. The molecule has 1 aliphatic heterocycles. The van der Waals surface area contributed by atoms with Crippen LogP contribution in [0.2, 0.25) is 0 Å². The van der Waals surface area contributed by atoms with Gasteiger partial charge in [-0.15, -0.1) is 0 Å². The summed E-state index contributed by atoms with van der Waals surface area (Å²) < 4.78 is 41.7. The largest absolute Gasteiger partial charge is 0.480 e. The fourth-order valence-electron chi connectivity index (χ4n) is 1.82. The highest BCUT2D eigenvalue weighted by molar-refractivity contribution is 7.89. The van der Waals surface area contributed by atoms with Crippen LogP contribution < -0.4 is 14.2 Å². The number of benzene rings is 1. The quantitative estimate of drug-likeness (QED) is 0.770. The van der Waals surface area contributed by atoms with Crippen molar-refractivity contribution in [1.82, 2.24) is 4.72 Å². The molecule has 0 amide bonds. The van der Waals surface area contributed by atoms with Crippen LogP contribution in [0.4, 0.5) is 0 Å². The number of carbonyl (C=O) groups is 1. The monoisotopic (exact) mass is 317 g/mol. The van der Waals surface area contributed by atoms with Crippen LogP contribution in [0.5, 0.6) is 11.5 Å². The molecule has 0 saturated carbocycles. The van der Waals surface area contributed by atoms with Crippen LogP contribution in [0.1, 0.15) is 6.92 Å². The van der Waals surface area contributed by atoms with E-state index in [1.807, 2.05) is 0 Å². The van der Waals surface area contributed by atoms with E-state index in [9.17, 15) is 18.3 Å². The van der Waals surface area contributed by atoms with E-state index in [1.54, 1.807) is 0 Å². The van der Waals surface area contributed by atoms with Crippen LogP contribution in [0, 0.1) is 0 Å². The molecule has 0 saturated heterocycles. The lowest BCUT2D eigenvalue weighted by molar-refractivity contribution is -0.145. The highest BCUT2D eigenvalue weighted by Crippen LogP contribution is 2.34. The van der Waals surface area contributed by atoms with E-state index in [4.69, 9.17) is 14.2 Å². The zero-order valence-corrected chi connectivity index (χ0v) is 12.3. The van der Waals surface area contributed by atoms with Crippen LogP contribution in [0.25, 0.3) is 0 Å². The number of nitrogens with one attached hydrogen (secondary N) is 1. The third-order valence-corrected chi connectivity index (χ3v) is 4.51. The second-order valence-corrected chi connectivity index (χ2v) is 6.37. The topological polar surface area (TPSA) is 111 Å². The number of rotatable bonds is 6. The lowest BCUT2D eigenvalue weighted by atomic mass is 10.1. The summed E-state index contributed by atoms with van der Waals surface area (Å²) in [5, 5.41) is 9.18. The minimum absolute atomic E-state index is 0.0166. The Morgan fingerprint density at radius 3 is 2.71 bits per heavy atom. The standard InChI is InChI=1S/C12H15NO7S/c1-12(6-18-2,11(14)15)13-21(16,17)8-3-4-9-10(5-8)20-7-19-9/h3-5,13H,6-7H2,1-2H3,(H,14,15). The van der Waals surface area contributed by atoms with Crippen molar-refractivity contribution in [1.29, 1.82) is 0 Å². The minimum Gasteiger partial charge on any atom is -0.480 e. The maximum absolute atomic E-state index is 12.3. The second kappa shape index (κ2) is 5.51. The van der Waals surface area contributed by atoms with Gasteiger partial charge in [0, 0.05) is 13.2 Å². The average Bonchev–Trinajstić information content (AvgIpc) is 2.85. The number of fused-ring (bicyclic) bond motifs is 1. The normalized spacial score (nSPS) is 16.5. The lowest BCUT2D eigenvalue weighted by Gasteiger charge is -2.25. The number of hydrogen-bond donors (Lipinski definition) is 2. The van der Waals surface area contributed by atoms with Crippen molar-refractivity contribution < 1.29 is 32.5 Å². The van der Waals surface area contributed by atoms with Gasteiger partial charge in [-0.2, -0.15) is 4.72 Å². The van der Waals surface area contributed by atoms with Gasteiger partial charge in [0.05, 0.1) is 11.5 Å². The van der Waals surface area contributed by atoms with Gasteiger partial charge < -0.3 is 19.3 Å². The van der Waals surface area contributed by atoms with Crippen LogP contribution in [0.3, 0.4) is 0 Å². The van der Waals surface area contributed by atoms with Gasteiger partial charge in [-0.3, -0.25) is 4.79 Å². The molecule has 1 atom stereocenters. The molecule has 2 rings (SSSR count). The van der Waals surface area contributed by atoms with Crippen molar-refractivity contribution in [2.24, 2.45) is 0 Å². The molecule has 1 aromatic rings. The first-order valence-electron chi connectivity index (χ1n) is 5.94. The van der Waals surface area contributed by atoms with Gasteiger partial charge in [-0.25, -0.2) is 8.42 Å². The Balaban J connectivity index is 2.31. The molecule has 116 valence electrons. The third-order valence-electron chi connectivity index (χ3n) is 2.92. The molecule has 0 aromatic heterocycles. The van der Waals surface area contributed by atoms with Crippen molar-refractivity contribution in [2.75, 3.05) is 20.5 Å². The molecule has 2 N–H and O–H groups in total. The number of methoxy groups -OCH3 is 1. The molecule has 21 heavy (non-hydrogen) atoms. The Morgan fingerprint density at radius 1 is 1.43 bits per heavy atom. The van der Waals surface area contributed by atoms with Crippen LogP contribution in [0.15, 0.2) is 23.1 Å². The SMILES string of the molecule is COCC(C)(NS(=O)(=O)c1ccc2c(c1)OCO2)C(=O)O. The molecular weight excluding hydrogens is 302 g/mol. The maximum Gasteiger partial charge on any atom is 0.327 e. The van der Waals surface area contributed by atoms with Crippen molar-refractivity contribution >= 4 is 16.0 Å².